The summed E-state index contributed by atoms with van der Waals surface area (Å²) in [7, 11) is 2.24. The second-order valence-corrected chi connectivity index (χ2v) is 7.67. The number of hydrogen-bond acceptors (Lipinski definition) is 4. The molecule has 2 saturated heterocycles. The lowest BCUT2D eigenvalue weighted by atomic mass is 10.1. The van der Waals surface area contributed by atoms with Gasteiger partial charge in [-0.3, -0.25) is 0 Å². The third kappa shape index (κ3) is 3.41. The Bertz CT molecular complexity index is 266. The van der Waals surface area contributed by atoms with Crippen molar-refractivity contribution < 1.29 is 0 Å². The van der Waals surface area contributed by atoms with Gasteiger partial charge < -0.3 is 15.1 Å². The zero-order valence-electron chi connectivity index (χ0n) is 11.7. The Kier molecular flexibility index (Phi) is 4.18. The minimum Gasteiger partial charge on any atom is -0.313 e. The molecule has 3 rings (SSSR count). The van der Waals surface area contributed by atoms with Gasteiger partial charge in [0.25, 0.3) is 0 Å². The smallest absolute Gasteiger partial charge is 0.0166 e. The molecule has 104 valence electrons. The molecule has 4 heteroatoms. The maximum absolute atomic E-state index is 3.82. The fourth-order valence-corrected chi connectivity index (χ4v) is 4.29. The first-order valence-corrected chi connectivity index (χ1v) is 8.63. The predicted octanol–water partition coefficient (Wildman–Crippen LogP) is 1.11. The van der Waals surface area contributed by atoms with Crippen LogP contribution >= 0.6 is 11.8 Å². The normalized spacial score (nSPS) is 32.8. The van der Waals surface area contributed by atoms with Crippen molar-refractivity contribution in [2.24, 2.45) is 5.41 Å². The topological polar surface area (TPSA) is 18.5 Å². The lowest BCUT2D eigenvalue weighted by Gasteiger charge is -2.35. The monoisotopic (exact) mass is 269 g/mol. The van der Waals surface area contributed by atoms with Crippen LogP contribution in [0.25, 0.3) is 0 Å². The first-order chi connectivity index (χ1) is 8.76. The minimum absolute atomic E-state index is 0.642. The zero-order valence-corrected chi connectivity index (χ0v) is 12.5. The van der Waals surface area contributed by atoms with E-state index in [2.05, 4.69) is 33.9 Å². The van der Waals surface area contributed by atoms with Crippen LogP contribution in [0, 0.1) is 5.41 Å². The summed E-state index contributed by atoms with van der Waals surface area (Å²) in [5.41, 5.74) is 0.642. The van der Waals surface area contributed by atoms with E-state index in [0.29, 0.717) is 5.41 Å². The van der Waals surface area contributed by atoms with Gasteiger partial charge in [0.15, 0.2) is 0 Å². The standard InChI is InChI=1S/C14H27N3S/c1-16-5-7-17(8-6-16)12-14(3-4-14)11-15-13-2-9-18-10-13/h13,15H,2-12H2,1H3/t13-/m1/s1. The third-order valence-corrected chi connectivity index (χ3v) is 5.97. The molecular formula is C14H27N3S. The second-order valence-electron chi connectivity index (χ2n) is 6.52. The molecule has 1 aliphatic carbocycles. The molecule has 2 aliphatic heterocycles. The van der Waals surface area contributed by atoms with E-state index in [9.17, 15) is 0 Å². The fraction of sp³-hybridized carbons (Fsp3) is 1.00. The molecule has 2 heterocycles. The molecule has 0 aromatic rings. The van der Waals surface area contributed by atoms with Crippen molar-refractivity contribution >= 4 is 11.8 Å². The van der Waals surface area contributed by atoms with E-state index in [1.54, 1.807) is 0 Å². The predicted molar refractivity (Wildman–Crippen MR) is 79.3 cm³/mol. The Morgan fingerprint density at radius 1 is 1.22 bits per heavy atom. The van der Waals surface area contributed by atoms with E-state index >= 15 is 0 Å². The molecule has 0 radical (unpaired) electrons. The molecule has 3 aliphatic rings. The van der Waals surface area contributed by atoms with Crippen LogP contribution in [0.2, 0.25) is 0 Å². The van der Waals surface area contributed by atoms with Gasteiger partial charge in [0.1, 0.15) is 0 Å². The molecule has 0 amide bonds. The molecule has 0 aromatic carbocycles. The van der Waals surface area contributed by atoms with E-state index in [0.717, 1.165) is 6.04 Å². The summed E-state index contributed by atoms with van der Waals surface area (Å²) in [6.45, 7) is 7.67. The SMILES string of the molecule is CN1CCN(CC2(CN[C@@H]3CCSC3)CC2)CC1. The van der Waals surface area contributed by atoms with Crippen LogP contribution in [-0.2, 0) is 0 Å². The molecule has 3 nitrogen and oxygen atoms in total. The number of nitrogens with zero attached hydrogens (tertiary/aromatic N) is 2. The first-order valence-electron chi connectivity index (χ1n) is 7.48. The van der Waals surface area contributed by atoms with Gasteiger partial charge in [-0.25, -0.2) is 0 Å². The van der Waals surface area contributed by atoms with Gasteiger partial charge in [-0.05, 0) is 37.5 Å². The fourth-order valence-electron chi connectivity index (χ4n) is 3.10. The molecular weight excluding hydrogens is 242 g/mol. The summed E-state index contributed by atoms with van der Waals surface area (Å²) in [5, 5.41) is 3.82. The number of piperazine rings is 1. The van der Waals surface area contributed by atoms with Crippen LogP contribution in [0.4, 0.5) is 0 Å². The lowest BCUT2D eigenvalue weighted by Crippen LogP contribution is -2.48. The summed E-state index contributed by atoms with van der Waals surface area (Å²) in [6.07, 6.45) is 4.29. The Morgan fingerprint density at radius 2 is 2.00 bits per heavy atom. The number of thioether (sulfide) groups is 1. The number of rotatable bonds is 5. The van der Waals surface area contributed by atoms with Crippen LogP contribution in [0.1, 0.15) is 19.3 Å². The van der Waals surface area contributed by atoms with Gasteiger partial charge in [0, 0.05) is 51.1 Å². The van der Waals surface area contributed by atoms with Gasteiger partial charge in [0.2, 0.25) is 0 Å². The van der Waals surface area contributed by atoms with Crippen LogP contribution < -0.4 is 5.32 Å². The van der Waals surface area contributed by atoms with Crippen LogP contribution in [0.3, 0.4) is 0 Å². The van der Waals surface area contributed by atoms with Crippen LogP contribution in [0.15, 0.2) is 0 Å². The van der Waals surface area contributed by atoms with Crippen molar-refractivity contribution in [2.75, 3.05) is 57.8 Å². The molecule has 0 aromatic heterocycles. The van der Waals surface area contributed by atoms with Gasteiger partial charge in [-0.2, -0.15) is 11.8 Å². The van der Waals surface area contributed by atoms with Crippen molar-refractivity contribution in [2.45, 2.75) is 25.3 Å². The molecule has 0 unspecified atom stereocenters. The highest BCUT2D eigenvalue weighted by atomic mass is 32.2. The molecule has 3 fully saturated rings. The van der Waals surface area contributed by atoms with Crippen molar-refractivity contribution in [3.8, 4) is 0 Å². The number of hydrogen-bond donors (Lipinski definition) is 1. The van der Waals surface area contributed by atoms with Crippen molar-refractivity contribution in [1.82, 2.24) is 15.1 Å². The molecule has 1 N–H and O–H groups in total. The van der Waals surface area contributed by atoms with E-state index in [4.69, 9.17) is 0 Å². The van der Waals surface area contributed by atoms with Crippen molar-refractivity contribution in [3.05, 3.63) is 0 Å². The van der Waals surface area contributed by atoms with Gasteiger partial charge in [0.05, 0.1) is 0 Å². The summed E-state index contributed by atoms with van der Waals surface area (Å²) in [5.74, 6) is 2.70. The highest BCUT2D eigenvalue weighted by Crippen LogP contribution is 2.46. The summed E-state index contributed by atoms with van der Waals surface area (Å²) in [4.78, 5) is 5.14. The maximum Gasteiger partial charge on any atom is 0.0166 e. The Labute approximate surface area is 116 Å². The summed E-state index contributed by atoms with van der Waals surface area (Å²) < 4.78 is 0. The second kappa shape index (κ2) is 5.70. The molecule has 0 spiro atoms. The van der Waals surface area contributed by atoms with E-state index in [1.165, 1.54) is 70.0 Å². The van der Waals surface area contributed by atoms with Crippen molar-refractivity contribution in [3.63, 3.8) is 0 Å². The molecule has 1 saturated carbocycles. The highest BCUT2D eigenvalue weighted by molar-refractivity contribution is 7.99. The maximum atomic E-state index is 3.82. The van der Waals surface area contributed by atoms with E-state index in [1.807, 2.05) is 0 Å². The molecule has 18 heavy (non-hydrogen) atoms. The van der Waals surface area contributed by atoms with Gasteiger partial charge >= 0.3 is 0 Å². The average Bonchev–Trinajstić information content (AvgIpc) is 2.93. The summed E-state index contributed by atoms with van der Waals surface area (Å²) in [6, 6.07) is 0.806. The largest absolute Gasteiger partial charge is 0.313 e. The Hall–Kier alpha value is 0.230. The van der Waals surface area contributed by atoms with Gasteiger partial charge in [-0.15, -0.1) is 0 Å². The molecule has 1 atom stereocenters. The number of nitrogens with one attached hydrogen (secondary N) is 1. The lowest BCUT2D eigenvalue weighted by molar-refractivity contribution is 0.129. The minimum atomic E-state index is 0.642. The van der Waals surface area contributed by atoms with Crippen molar-refractivity contribution in [1.29, 1.82) is 0 Å². The third-order valence-electron chi connectivity index (χ3n) is 4.81. The summed E-state index contributed by atoms with van der Waals surface area (Å²) >= 11 is 2.11. The Balaban J connectivity index is 1.40. The zero-order chi connectivity index (χ0) is 12.4. The quantitative estimate of drug-likeness (QED) is 0.805. The average molecular weight is 269 g/mol. The Morgan fingerprint density at radius 3 is 2.61 bits per heavy atom. The van der Waals surface area contributed by atoms with E-state index in [-0.39, 0.29) is 0 Å². The molecule has 0 bridgehead atoms. The van der Waals surface area contributed by atoms with Gasteiger partial charge in [-0.1, -0.05) is 0 Å². The first kappa shape index (κ1) is 13.2. The van der Waals surface area contributed by atoms with E-state index < -0.39 is 0 Å². The van der Waals surface area contributed by atoms with Crippen LogP contribution in [0.5, 0.6) is 0 Å². The van der Waals surface area contributed by atoms with Crippen LogP contribution in [-0.4, -0.2) is 73.7 Å². The number of likely N-dealkylation sites (N-methyl/N-ethyl adjacent to an activating group) is 1. The highest BCUT2D eigenvalue weighted by Gasteiger charge is 2.44.